The standard InChI is InChI=1S/C17H24N2O5S/c1-11(2)7-14(17(22)23)19-15(20)9-18-16(21)13-6-4-5-12(8-13)10-25(3)24/h4-6,8,11,14H,7,9-10H2,1-3H3,(H,18,21)(H,19,20)(H,22,23)/t14-,25?/m0/s1. The van der Waals surface area contributed by atoms with Crippen molar-refractivity contribution in [3.63, 3.8) is 0 Å². The highest BCUT2D eigenvalue weighted by Gasteiger charge is 2.21. The van der Waals surface area contributed by atoms with Crippen molar-refractivity contribution >= 4 is 28.6 Å². The molecule has 1 rings (SSSR count). The van der Waals surface area contributed by atoms with Gasteiger partial charge in [0.25, 0.3) is 5.91 Å². The molecule has 1 unspecified atom stereocenters. The predicted molar refractivity (Wildman–Crippen MR) is 95.6 cm³/mol. The van der Waals surface area contributed by atoms with Gasteiger partial charge in [0, 0.05) is 28.4 Å². The summed E-state index contributed by atoms with van der Waals surface area (Å²) in [6, 6.07) is 5.68. The summed E-state index contributed by atoms with van der Waals surface area (Å²) in [5.74, 6) is -1.66. The molecule has 138 valence electrons. The summed E-state index contributed by atoms with van der Waals surface area (Å²) in [4.78, 5) is 35.1. The maximum atomic E-state index is 12.1. The largest absolute Gasteiger partial charge is 0.480 e. The van der Waals surface area contributed by atoms with E-state index in [2.05, 4.69) is 10.6 Å². The molecular formula is C17H24N2O5S. The lowest BCUT2D eigenvalue weighted by molar-refractivity contribution is -0.142. The van der Waals surface area contributed by atoms with Gasteiger partial charge in [0.15, 0.2) is 0 Å². The molecule has 0 saturated carbocycles. The van der Waals surface area contributed by atoms with Gasteiger partial charge in [-0.2, -0.15) is 0 Å². The SMILES string of the molecule is CC(C)C[C@H](NC(=O)CNC(=O)c1cccc(CS(C)=O)c1)C(=O)O. The molecule has 8 heteroatoms. The third kappa shape index (κ3) is 7.93. The van der Waals surface area contributed by atoms with Crippen LogP contribution in [-0.4, -0.2) is 45.9 Å². The number of rotatable bonds is 9. The van der Waals surface area contributed by atoms with E-state index in [-0.39, 0.29) is 12.5 Å². The van der Waals surface area contributed by atoms with Crippen molar-refractivity contribution < 1.29 is 23.7 Å². The zero-order valence-electron chi connectivity index (χ0n) is 14.6. The Bertz CT molecular complexity index is 660. The van der Waals surface area contributed by atoms with Crippen LogP contribution in [0.15, 0.2) is 24.3 Å². The van der Waals surface area contributed by atoms with E-state index in [0.717, 1.165) is 5.56 Å². The Kier molecular flexibility index (Phi) is 8.27. The van der Waals surface area contributed by atoms with Gasteiger partial charge in [0.1, 0.15) is 6.04 Å². The number of hydrogen-bond acceptors (Lipinski definition) is 4. The van der Waals surface area contributed by atoms with E-state index in [1.54, 1.807) is 30.5 Å². The summed E-state index contributed by atoms with van der Waals surface area (Å²) in [7, 11) is -1.02. The quantitative estimate of drug-likeness (QED) is 0.600. The van der Waals surface area contributed by atoms with Crippen molar-refractivity contribution in [2.75, 3.05) is 12.8 Å². The number of aliphatic carboxylic acids is 1. The van der Waals surface area contributed by atoms with E-state index in [4.69, 9.17) is 5.11 Å². The van der Waals surface area contributed by atoms with Crippen molar-refractivity contribution in [2.24, 2.45) is 5.92 Å². The number of nitrogens with one attached hydrogen (secondary N) is 2. The van der Waals surface area contributed by atoms with Crippen LogP contribution in [-0.2, 0) is 26.1 Å². The van der Waals surface area contributed by atoms with Crippen LogP contribution in [0.3, 0.4) is 0 Å². The minimum absolute atomic E-state index is 0.114. The molecule has 0 aliphatic carbocycles. The number of carbonyl (C=O) groups is 3. The Labute approximate surface area is 149 Å². The van der Waals surface area contributed by atoms with Crippen LogP contribution in [0.5, 0.6) is 0 Å². The minimum Gasteiger partial charge on any atom is -0.480 e. The van der Waals surface area contributed by atoms with Gasteiger partial charge in [-0.05, 0) is 30.0 Å². The van der Waals surface area contributed by atoms with Crippen molar-refractivity contribution in [2.45, 2.75) is 32.1 Å². The topological polar surface area (TPSA) is 113 Å². The van der Waals surface area contributed by atoms with Crippen LogP contribution < -0.4 is 10.6 Å². The number of carbonyl (C=O) groups excluding carboxylic acids is 2. The molecule has 2 atom stereocenters. The highest BCUT2D eigenvalue weighted by atomic mass is 32.2. The number of carboxylic acid groups (broad SMARTS) is 1. The van der Waals surface area contributed by atoms with Gasteiger partial charge in [-0.15, -0.1) is 0 Å². The molecule has 0 aromatic heterocycles. The van der Waals surface area contributed by atoms with Crippen LogP contribution in [0.4, 0.5) is 0 Å². The molecule has 3 N–H and O–H groups in total. The number of carboxylic acids is 1. The summed E-state index contributed by atoms with van der Waals surface area (Å²) in [5, 5.41) is 14.0. The molecule has 7 nitrogen and oxygen atoms in total. The van der Waals surface area contributed by atoms with Crippen LogP contribution in [0.1, 0.15) is 36.2 Å². The lowest BCUT2D eigenvalue weighted by Gasteiger charge is -2.16. The molecule has 2 amide bonds. The minimum atomic E-state index is -1.10. The van der Waals surface area contributed by atoms with Gasteiger partial charge in [-0.1, -0.05) is 26.0 Å². The Balaban J connectivity index is 2.59. The van der Waals surface area contributed by atoms with E-state index < -0.39 is 34.6 Å². The molecule has 1 aromatic carbocycles. The summed E-state index contributed by atoms with van der Waals surface area (Å²) >= 11 is 0. The van der Waals surface area contributed by atoms with E-state index in [9.17, 15) is 18.6 Å². The molecule has 0 bridgehead atoms. The van der Waals surface area contributed by atoms with E-state index in [1.165, 1.54) is 0 Å². The van der Waals surface area contributed by atoms with Gasteiger partial charge in [0.2, 0.25) is 5.91 Å². The van der Waals surface area contributed by atoms with E-state index in [0.29, 0.717) is 17.7 Å². The first kappa shape index (κ1) is 20.8. The molecule has 0 spiro atoms. The molecule has 0 heterocycles. The zero-order valence-corrected chi connectivity index (χ0v) is 15.4. The lowest BCUT2D eigenvalue weighted by atomic mass is 10.0. The Morgan fingerprint density at radius 1 is 1.24 bits per heavy atom. The highest BCUT2D eigenvalue weighted by Crippen LogP contribution is 2.07. The Morgan fingerprint density at radius 3 is 2.48 bits per heavy atom. The second kappa shape index (κ2) is 9.93. The van der Waals surface area contributed by atoms with Gasteiger partial charge in [-0.25, -0.2) is 4.79 Å². The predicted octanol–water partition coefficient (Wildman–Crippen LogP) is 0.910. The first-order valence-electron chi connectivity index (χ1n) is 7.88. The fourth-order valence-electron chi connectivity index (χ4n) is 2.24. The first-order chi connectivity index (χ1) is 11.7. The molecule has 0 saturated heterocycles. The van der Waals surface area contributed by atoms with Crippen LogP contribution >= 0.6 is 0 Å². The van der Waals surface area contributed by atoms with Crippen LogP contribution in [0.25, 0.3) is 0 Å². The maximum absolute atomic E-state index is 12.1. The average Bonchev–Trinajstić information content (AvgIpc) is 2.51. The summed E-state index contributed by atoms with van der Waals surface area (Å²) < 4.78 is 11.3. The Hall–Kier alpha value is -2.22. The molecular weight excluding hydrogens is 344 g/mol. The number of benzene rings is 1. The molecule has 0 fully saturated rings. The third-order valence-electron chi connectivity index (χ3n) is 3.31. The monoisotopic (exact) mass is 368 g/mol. The normalized spacial score (nSPS) is 13.1. The molecule has 0 radical (unpaired) electrons. The van der Waals surface area contributed by atoms with Crippen molar-refractivity contribution in [1.29, 1.82) is 0 Å². The zero-order chi connectivity index (χ0) is 19.0. The maximum Gasteiger partial charge on any atom is 0.326 e. The average molecular weight is 368 g/mol. The van der Waals surface area contributed by atoms with Gasteiger partial charge in [-0.3, -0.25) is 13.8 Å². The number of hydrogen-bond donors (Lipinski definition) is 3. The summed E-state index contributed by atoms with van der Waals surface area (Å²) in [5.41, 5.74) is 1.12. The molecule has 25 heavy (non-hydrogen) atoms. The van der Waals surface area contributed by atoms with E-state index in [1.807, 2.05) is 13.8 Å². The second-order valence-electron chi connectivity index (χ2n) is 6.19. The van der Waals surface area contributed by atoms with Gasteiger partial charge in [0.05, 0.1) is 6.54 Å². The fraction of sp³-hybridized carbons (Fsp3) is 0.471. The van der Waals surface area contributed by atoms with Crippen LogP contribution in [0, 0.1) is 5.92 Å². The van der Waals surface area contributed by atoms with Gasteiger partial charge >= 0.3 is 5.97 Å². The summed E-state index contributed by atoms with van der Waals surface area (Å²) in [6.07, 6.45) is 1.89. The molecule has 0 aliphatic rings. The van der Waals surface area contributed by atoms with Crippen molar-refractivity contribution in [3.8, 4) is 0 Å². The second-order valence-corrected chi connectivity index (χ2v) is 7.62. The van der Waals surface area contributed by atoms with E-state index >= 15 is 0 Å². The lowest BCUT2D eigenvalue weighted by Crippen LogP contribution is -2.46. The fourth-order valence-corrected chi connectivity index (χ4v) is 2.89. The third-order valence-corrected chi connectivity index (χ3v) is 4.05. The Morgan fingerprint density at radius 2 is 1.92 bits per heavy atom. The van der Waals surface area contributed by atoms with Crippen molar-refractivity contribution in [1.82, 2.24) is 10.6 Å². The summed E-state index contributed by atoms with van der Waals surface area (Å²) in [6.45, 7) is 3.41. The van der Waals surface area contributed by atoms with Crippen LogP contribution in [0.2, 0.25) is 0 Å². The smallest absolute Gasteiger partial charge is 0.326 e. The molecule has 1 aromatic rings. The molecule has 0 aliphatic heterocycles. The van der Waals surface area contributed by atoms with Gasteiger partial charge < -0.3 is 15.7 Å². The number of amides is 2. The van der Waals surface area contributed by atoms with Crippen molar-refractivity contribution in [3.05, 3.63) is 35.4 Å². The first-order valence-corrected chi connectivity index (χ1v) is 9.61. The highest BCUT2D eigenvalue weighted by molar-refractivity contribution is 7.83.